The zero-order valence-corrected chi connectivity index (χ0v) is 11.3. The third-order valence-electron chi connectivity index (χ3n) is 2.58. The van der Waals surface area contributed by atoms with Crippen LogP contribution in [0.25, 0.3) is 0 Å². The lowest BCUT2D eigenvalue weighted by atomic mass is 10.2. The molecule has 0 fully saturated rings. The number of hydrogen-bond acceptors (Lipinski definition) is 6. The molecule has 21 heavy (non-hydrogen) atoms. The minimum atomic E-state index is -0.768. The molecule has 0 aliphatic heterocycles. The summed E-state index contributed by atoms with van der Waals surface area (Å²) in [5, 5.41) is 10.4. The highest BCUT2D eigenvalue weighted by Crippen LogP contribution is 2.16. The van der Waals surface area contributed by atoms with Crippen LogP contribution in [-0.4, -0.2) is 24.1 Å². The maximum atomic E-state index is 11.5. The number of carbonyl (C=O) groups is 1. The monoisotopic (exact) mass is 291 g/mol. The van der Waals surface area contributed by atoms with Crippen LogP contribution in [0.4, 0.5) is 5.88 Å². The van der Waals surface area contributed by atoms with Crippen molar-refractivity contribution < 1.29 is 23.6 Å². The average molecular weight is 291 g/mol. The quantitative estimate of drug-likeness (QED) is 0.351. The van der Waals surface area contributed by atoms with Crippen LogP contribution >= 0.6 is 0 Å². The zero-order valence-electron chi connectivity index (χ0n) is 11.3. The van der Waals surface area contributed by atoms with Crippen molar-refractivity contribution in [2.24, 2.45) is 0 Å². The van der Waals surface area contributed by atoms with Gasteiger partial charge in [-0.2, -0.15) is 0 Å². The average Bonchev–Trinajstić information content (AvgIpc) is 2.95. The fourth-order valence-electron chi connectivity index (χ4n) is 1.54. The first-order valence-corrected chi connectivity index (χ1v) is 6.17. The molecule has 110 valence electrons. The summed E-state index contributed by atoms with van der Waals surface area (Å²) in [6.45, 7) is 2.16. The highest BCUT2D eigenvalue weighted by atomic mass is 16.7. The predicted molar refractivity (Wildman–Crippen MR) is 72.3 cm³/mol. The summed E-state index contributed by atoms with van der Waals surface area (Å²) >= 11 is 0. The Morgan fingerprint density at radius 2 is 1.90 bits per heavy atom. The van der Waals surface area contributed by atoms with Crippen molar-refractivity contribution in [3.63, 3.8) is 0 Å². The molecule has 0 saturated heterocycles. The number of hydrogen-bond donors (Lipinski definition) is 0. The normalized spacial score (nSPS) is 10.1. The Kier molecular flexibility index (Phi) is 4.55. The van der Waals surface area contributed by atoms with E-state index in [1.54, 1.807) is 0 Å². The molecule has 0 amide bonds. The Morgan fingerprint density at radius 1 is 1.19 bits per heavy atom. The largest absolute Gasteiger partial charge is 0.490 e. The number of furan rings is 1. The van der Waals surface area contributed by atoms with Gasteiger partial charge in [0.15, 0.2) is 0 Å². The van der Waals surface area contributed by atoms with Crippen molar-refractivity contribution in [1.82, 2.24) is 0 Å². The molecule has 0 saturated carbocycles. The molecule has 0 radical (unpaired) electrons. The number of rotatable bonds is 6. The van der Waals surface area contributed by atoms with Gasteiger partial charge in [0.05, 0.1) is 6.07 Å². The fraction of sp³-hybridized carbons (Fsp3) is 0.214. The molecule has 1 heterocycles. The molecule has 0 bridgehead atoms. The minimum absolute atomic E-state index is 0.0151. The van der Waals surface area contributed by atoms with Crippen molar-refractivity contribution in [2.45, 2.75) is 6.92 Å². The SMILES string of the molecule is Cc1ccc(OCCOC(=O)c2ccc([N+](=O)[O-])o2)cc1. The topological polar surface area (TPSA) is 91.8 Å². The minimum Gasteiger partial charge on any atom is -0.490 e. The summed E-state index contributed by atoms with van der Waals surface area (Å²) in [7, 11) is 0. The van der Waals surface area contributed by atoms with Gasteiger partial charge in [0, 0.05) is 0 Å². The molecule has 0 unspecified atom stereocenters. The highest BCUT2D eigenvalue weighted by molar-refractivity contribution is 5.86. The summed E-state index contributed by atoms with van der Waals surface area (Å²) in [4.78, 5) is 21.2. The van der Waals surface area contributed by atoms with E-state index in [4.69, 9.17) is 13.9 Å². The third-order valence-corrected chi connectivity index (χ3v) is 2.58. The van der Waals surface area contributed by atoms with Crippen LogP contribution < -0.4 is 4.74 Å². The van der Waals surface area contributed by atoms with Crippen LogP contribution in [0.1, 0.15) is 16.1 Å². The van der Waals surface area contributed by atoms with Gasteiger partial charge in [-0.15, -0.1) is 0 Å². The molecule has 0 N–H and O–H groups in total. The summed E-state index contributed by atoms with van der Waals surface area (Å²) in [6.07, 6.45) is 0. The molecule has 1 aromatic carbocycles. The fourth-order valence-corrected chi connectivity index (χ4v) is 1.54. The molecular formula is C14H13NO6. The second kappa shape index (κ2) is 6.56. The summed E-state index contributed by atoms with van der Waals surface area (Å²) in [6, 6.07) is 9.73. The maximum absolute atomic E-state index is 11.5. The van der Waals surface area contributed by atoms with Crippen molar-refractivity contribution in [2.75, 3.05) is 13.2 Å². The number of aryl methyl sites for hydroxylation is 1. The molecule has 0 aliphatic carbocycles. The van der Waals surface area contributed by atoms with Crippen molar-refractivity contribution >= 4 is 11.9 Å². The van der Waals surface area contributed by atoms with E-state index in [9.17, 15) is 14.9 Å². The third kappa shape index (κ3) is 4.07. The maximum Gasteiger partial charge on any atom is 0.433 e. The van der Waals surface area contributed by atoms with Gasteiger partial charge in [0.2, 0.25) is 5.76 Å². The van der Waals surface area contributed by atoms with Crippen LogP contribution in [0.15, 0.2) is 40.8 Å². The molecule has 0 spiro atoms. The first-order chi connectivity index (χ1) is 10.1. The first kappa shape index (κ1) is 14.6. The lowest BCUT2D eigenvalue weighted by Crippen LogP contribution is -2.11. The van der Waals surface area contributed by atoms with Crippen LogP contribution in [0.5, 0.6) is 5.75 Å². The van der Waals surface area contributed by atoms with E-state index in [1.807, 2.05) is 31.2 Å². The molecule has 1 aromatic heterocycles. The second-order valence-corrected chi connectivity index (χ2v) is 4.19. The van der Waals surface area contributed by atoms with E-state index in [0.29, 0.717) is 5.75 Å². The van der Waals surface area contributed by atoms with Crippen LogP contribution in [-0.2, 0) is 4.74 Å². The molecule has 0 aliphatic rings. The molecule has 7 heteroatoms. The van der Waals surface area contributed by atoms with Gasteiger partial charge in [0.1, 0.15) is 23.9 Å². The number of carbonyl (C=O) groups excluding carboxylic acids is 1. The molecule has 2 rings (SSSR count). The molecular weight excluding hydrogens is 278 g/mol. The van der Waals surface area contributed by atoms with E-state index in [-0.39, 0.29) is 19.0 Å². The number of benzene rings is 1. The standard InChI is InChI=1S/C14H13NO6/c1-10-2-4-11(5-3-10)19-8-9-20-14(16)12-6-7-13(21-12)15(17)18/h2-7H,8-9H2,1H3. The number of esters is 1. The second-order valence-electron chi connectivity index (χ2n) is 4.19. The van der Waals surface area contributed by atoms with E-state index in [2.05, 4.69) is 0 Å². The Labute approximate surface area is 120 Å². The van der Waals surface area contributed by atoms with Crippen molar-refractivity contribution in [1.29, 1.82) is 0 Å². The smallest absolute Gasteiger partial charge is 0.433 e. The predicted octanol–water partition coefficient (Wildman–Crippen LogP) is 2.73. The van der Waals surface area contributed by atoms with Crippen molar-refractivity contribution in [3.05, 3.63) is 57.8 Å². The Bertz CT molecular complexity index is 631. The highest BCUT2D eigenvalue weighted by Gasteiger charge is 2.18. The van der Waals surface area contributed by atoms with Crippen LogP contribution in [0.2, 0.25) is 0 Å². The lowest BCUT2D eigenvalue weighted by Gasteiger charge is -2.06. The van der Waals surface area contributed by atoms with Crippen molar-refractivity contribution in [3.8, 4) is 5.75 Å². The Hall–Kier alpha value is -2.83. The van der Waals surface area contributed by atoms with E-state index in [1.165, 1.54) is 6.07 Å². The Balaban J connectivity index is 1.76. The van der Waals surface area contributed by atoms with E-state index >= 15 is 0 Å². The molecule has 7 nitrogen and oxygen atoms in total. The summed E-state index contributed by atoms with van der Waals surface area (Å²) < 4.78 is 15.0. The van der Waals surface area contributed by atoms with Gasteiger partial charge in [-0.05, 0) is 25.1 Å². The zero-order chi connectivity index (χ0) is 15.2. The van der Waals surface area contributed by atoms with E-state index < -0.39 is 16.8 Å². The van der Waals surface area contributed by atoms with E-state index in [0.717, 1.165) is 11.6 Å². The van der Waals surface area contributed by atoms with Gasteiger partial charge in [0.25, 0.3) is 0 Å². The van der Waals surface area contributed by atoms with Gasteiger partial charge in [-0.3, -0.25) is 10.1 Å². The van der Waals surface area contributed by atoms with Gasteiger partial charge < -0.3 is 13.9 Å². The summed E-state index contributed by atoms with van der Waals surface area (Å²) in [5.74, 6) is -0.809. The molecule has 2 aromatic rings. The molecule has 0 atom stereocenters. The van der Waals surface area contributed by atoms with Crippen LogP contribution in [0, 0.1) is 17.0 Å². The van der Waals surface area contributed by atoms with Gasteiger partial charge in [-0.25, -0.2) is 4.79 Å². The number of nitrogens with zero attached hydrogens (tertiary/aromatic N) is 1. The van der Waals surface area contributed by atoms with Crippen LogP contribution in [0.3, 0.4) is 0 Å². The van der Waals surface area contributed by atoms with Gasteiger partial charge >= 0.3 is 11.9 Å². The lowest BCUT2D eigenvalue weighted by molar-refractivity contribution is -0.402. The van der Waals surface area contributed by atoms with Gasteiger partial charge in [-0.1, -0.05) is 17.7 Å². The Morgan fingerprint density at radius 3 is 2.52 bits per heavy atom. The number of nitro groups is 1. The number of ether oxygens (including phenoxy) is 2. The first-order valence-electron chi connectivity index (χ1n) is 6.17. The summed E-state index contributed by atoms with van der Waals surface area (Å²) in [5.41, 5.74) is 1.12.